The normalized spacial score (nSPS) is 12.0. The minimum absolute atomic E-state index is 0.765. The highest BCUT2D eigenvalue weighted by atomic mass is 35.5. The summed E-state index contributed by atoms with van der Waals surface area (Å²) in [5.74, 6) is 0.765. The molecular weight excluding hydrogens is 230 g/mol. The second-order valence-electron chi connectivity index (χ2n) is 4.83. The van der Waals surface area contributed by atoms with Gasteiger partial charge >= 0.3 is 0 Å². The number of benzene rings is 1. The van der Waals surface area contributed by atoms with Gasteiger partial charge in [-0.15, -0.1) is 0 Å². The van der Waals surface area contributed by atoms with Gasteiger partial charge in [-0.25, -0.2) is 0 Å². The van der Waals surface area contributed by atoms with Crippen molar-refractivity contribution in [3.63, 3.8) is 0 Å². The fourth-order valence-electron chi connectivity index (χ4n) is 1.86. The molecule has 0 atom stereocenters. The molecule has 1 N–H and O–H groups in total. The van der Waals surface area contributed by atoms with Crippen LogP contribution >= 0.6 is 11.6 Å². The van der Waals surface area contributed by atoms with E-state index in [0.717, 1.165) is 28.6 Å². The average Bonchev–Trinajstić information content (AvgIpc) is 2.66. The number of aromatic amines is 1. The lowest BCUT2D eigenvalue weighted by atomic mass is 10.1. The third kappa shape index (κ3) is 3.37. The maximum absolute atomic E-state index is 5.96. The number of hydrogen-bond acceptors (Lipinski definition) is 0. The van der Waals surface area contributed by atoms with Gasteiger partial charge in [0.15, 0.2) is 0 Å². The Morgan fingerprint density at radius 1 is 1.29 bits per heavy atom. The Labute approximate surface area is 107 Å². The molecule has 0 fully saturated rings. The predicted octanol–water partition coefficient (Wildman–Crippen LogP) is 5.27. The van der Waals surface area contributed by atoms with E-state index in [1.54, 1.807) is 0 Å². The van der Waals surface area contributed by atoms with Gasteiger partial charge < -0.3 is 4.98 Å². The first-order chi connectivity index (χ1) is 8.15. The highest BCUT2D eigenvalue weighted by molar-refractivity contribution is 6.31. The molecule has 0 radical (unpaired) electrons. The smallest absolute Gasteiger partial charge is 0.0459 e. The summed E-state index contributed by atoms with van der Waals surface area (Å²) in [4.78, 5) is 3.37. The van der Waals surface area contributed by atoms with Gasteiger partial charge in [-0.05, 0) is 49.1 Å². The molecule has 0 unspecified atom stereocenters. The first-order valence-electron chi connectivity index (χ1n) is 6.10. The highest BCUT2D eigenvalue weighted by Crippen LogP contribution is 2.20. The summed E-state index contributed by atoms with van der Waals surface area (Å²) < 4.78 is 0. The number of halogens is 1. The number of rotatable bonds is 4. The van der Waals surface area contributed by atoms with Crippen molar-refractivity contribution < 1.29 is 0 Å². The zero-order valence-corrected chi connectivity index (χ0v) is 11.1. The van der Waals surface area contributed by atoms with Crippen LogP contribution in [0.25, 0.3) is 17.0 Å². The zero-order chi connectivity index (χ0) is 12.3. The molecule has 1 aromatic carbocycles. The molecule has 1 nitrogen and oxygen atoms in total. The van der Waals surface area contributed by atoms with Crippen molar-refractivity contribution in [3.8, 4) is 0 Å². The van der Waals surface area contributed by atoms with Crippen LogP contribution < -0.4 is 0 Å². The average molecular weight is 248 g/mol. The highest BCUT2D eigenvalue weighted by Gasteiger charge is 1.98. The van der Waals surface area contributed by atoms with E-state index in [4.69, 9.17) is 11.6 Å². The molecule has 0 aliphatic carbocycles. The second-order valence-corrected chi connectivity index (χ2v) is 5.27. The van der Waals surface area contributed by atoms with Crippen molar-refractivity contribution in [1.82, 2.24) is 4.98 Å². The summed E-state index contributed by atoms with van der Waals surface area (Å²) in [6.07, 6.45) is 6.75. The number of allylic oxidation sites excluding steroid dienone is 1. The number of nitrogens with one attached hydrogen (secondary N) is 1. The minimum atomic E-state index is 0.765. The number of hydrogen-bond donors (Lipinski definition) is 1. The van der Waals surface area contributed by atoms with E-state index in [1.807, 2.05) is 18.2 Å². The number of H-pyrrole nitrogens is 1. The van der Waals surface area contributed by atoms with Crippen LogP contribution in [0.3, 0.4) is 0 Å². The molecule has 0 saturated heterocycles. The summed E-state index contributed by atoms with van der Waals surface area (Å²) in [5.41, 5.74) is 2.28. The molecule has 0 amide bonds. The maximum atomic E-state index is 5.96. The number of fused-ring (bicyclic) bond motifs is 1. The Bertz CT molecular complexity index is 523. The first kappa shape index (κ1) is 12.3. The summed E-state index contributed by atoms with van der Waals surface area (Å²) >= 11 is 5.96. The van der Waals surface area contributed by atoms with Gasteiger partial charge in [0.1, 0.15) is 0 Å². The lowest BCUT2D eigenvalue weighted by Gasteiger charge is -1.98. The van der Waals surface area contributed by atoms with E-state index in [0.29, 0.717) is 0 Å². The zero-order valence-electron chi connectivity index (χ0n) is 10.3. The molecule has 90 valence electrons. The van der Waals surface area contributed by atoms with Crippen molar-refractivity contribution in [1.29, 1.82) is 0 Å². The molecule has 0 saturated carbocycles. The van der Waals surface area contributed by atoms with Crippen LogP contribution in [0.15, 0.2) is 30.3 Å². The van der Waals surface area contributed by atoms with Gasteiger partial charge in [-0.1, -0.05) is 31.5 Å². The molecule has 1 aromatic heterocycles. The van der Waals surface area contributed by atoms with Crippen molar-refractivity contribution in [2.45, 2.75) is 26.7 Å². The second kappa shape index (κ2) is 5.42. The molecule has 2 heteroatoms. The Hall–Kier alpha value is -1.21. The molecule has 2 aromatic rings. The van der Waals surface area contributed by atoms with Crippen LogP contribution in [0.1, 0.15) is 32.4 Å². The van der Waals surface area contributed by atoms with Crippen LogP contribution in [-0.4, -0.2) is 4.98 Å². The lowest BCUT2D eigenvalue weighted by molar-refractivity contribution is 0.595. The first-order valence-corrected chi connectivity index (χ1v) is 6.48. The number of aromatic nitrogens is 1. The van der Waals surface area contributed by atoms with Crippen molar-refractivity contribution >= 4 is 28.6 Å². The van der Waals surface area contributed by atoms with E-state index in [-0.39, 0.29) is 0 Å². The van der Waals surface area contributed by atoms with E-state index < -0.39 is 0 Å². The summed E-state index contributed by atoms with van der Waals surface area (Å²) in [7, 11) is 0. The fourth-order valence-corrected chi connectivity index (χ4v) is 2.04. The van der Waals surface area contributed by atoms with Crippen LogP contribution in [-0.2, 0) is 0 Å². The van der Waals surface area contributed by atoms with Gasteiger partial charge in [0.25, 0.3) is 0 Å². The summed E-state index contributed by atoms with van der Waals surface area (Å²) in [6.45, 7) is 4.50. The predicted molar refractivity (Wildman–Crippen MR) is 76.4 cm³/mol. The van der Waals surface area contributed by atoms with Crippen LogP contribution in [0.4, 0.5) is 0 Å². The van der Waals surface area contributed by atoms with E-state index in [1.165, 1.54) is 11.8 Å². The molecule has 2 rings (SSSR count). The summed E-state index contributed by atoms with van der Waals surface area (Å²) in [5, 5.41) is 1.95. The third-order valence-electron chi connectivity index (χ3n) is 2.81. The van der Waals surface area contributed by atoms with Crippen molar-refractivity contribution in [2.75, 3.05) is 0 Å². The Morgan fingerprint density at radius 3 is 2.88 bits per heavy atom. The topological polar surface area (TPSA) is 15.8 Å². The molecule has 17 heavy (non-hydrogen) atoms. The largest absolute Gasteiger partial charge is 0.355 e. The summed E-state index contributed by atoms with van der Waals surface area (Å²) in [6, 6.07) is 8.04. The van der Waals surface area contributed by atoms with Crippen molar-refractivity contribution in [3.05, 3.63) is 41.1 Å². The Kier molecular flexibility index (Phi) is 3.90. The Morgan fingerprint density at radius 2 is 2.12 bits per heavy atom. The maximum Gasteiger partial charge on any atom is 0.0459 e. The van der Waals surface area contributed by atoms with E-state index in [2.05, 4.69) is 37.0 Å². The molecule has 0 bridgehead atoms. The monoisotopic (exact) mass is 247 g/mol. The van der Waals surface area contributed by atoms with Gasteiger partial charge in [0.05, 0.1) is 0 Å². The van der Waals surface area contributed by atoms with Crippen molar-refractivity contribution in [2.24, 2.45) is 5.92 Å². The van der Waals surface area contributed by atoms with Crippen LogP contribution in [0.2, 0.25) is 5.02 Å². The van der Waals surface area contributed by atoms with E-state index >= 15 is 0 Å². The molecule has 1 heterocycles. The standard InChI is InChI=1S/C15H18ClN/c1-11(2)5-3-4-6-14-10-12-9-13(16)7-8-15(12)17-14/h4,6-11,17H,3,5H2,1-2H3. The van der Waals surface area contributed by atoms with Crippen LogP contribution in [0, 0.1) is 5.92 Å². The van der Waals surface area contributed by atoms with Gasteiger partial charge in [-0.3, -0.25) is 0 Å². The van der Waals surface area contributed by atoms with E-state index in [9.17, 15) is 0 Å². The van der Waals surface area contributed by atoms with Gasteiger partial charge in [-0.2, -0.15) is 0 Å². The molecule has 0 aliphatic rings. The molecule has 0 aliphatic heterocycles. The molecule has 0 spiro atoms. The van der Waals surface area contributed by atoms with Crippen LogP contribution in [0.5, 0.6) is 0 Å². The fraction of sp³-hybridized carbons (Fsp3) is 0.333. The quantitative estimate of drug-likeness (QED) is 0.758. The minimum Gasteiger partial charge on any atom is -0.355 e. The van der Waals surface area contributed by atoms with Gasteiger partial charge in [0, 0.05) is 21.6 Å². The third-order valence-corrected chi connectivity index (χ3v) is 3.05. The molecular formula is C15H18ClN. The van der Waals surface area contributed by atoms with Gasteiger partial charge in [0.2, 0.25) is 0 Å². The Balaban J connectivity index is 2.09. The SMILES string of the molecule is CC(C)CCC=Cc1cc2cc(Cl)ccc2[nH]1. The lowest BCUT2D eigenvalue weighted by Crippen LogP contribution is -1.83.